The van der Waals surface area contributed by atoms with Crippen LogP contribution in [0.25, 0.3) is 0 Å². The third kappa shape index (κ3) is 2.11. The van der Waals surface area contributed by atoms with Crippen molar-refractivity contribution < 1.29 is 5.11 Å². The summed E-state index contributed by atoms with van der Waals surface area (Å²) in [5.74, 6) is 0.469. The van der Waals surface area contributed by atoms with Crippen LogP contribution in [0.5, 0.6) is 0 Å². The monoisotopic (exact) mass is 242 g/mol. The molecule has 1 aromatic heterocycles. The Labute approximate surface area is 101 Å². The number of nitrogens with zero attached hydrogens (tertiary/aromatic N) is 2. The number of hydrogen-bond donors (Lipinski definition) is 1. The van der Waals surface area contributed by atoms with Crippen molar-refractivity contribution in [3.05, 3.63) is 16.4 Å². The van der Waals surface area contributed by atoms with E-state index in [1.807, 2.05) is 18.5 Å². The molecule has 1 unspecified atom stereocenters. The van der Waals surface area contributed by atoms with E-state index in [1.54, 1.807) is 0 Å². The van der Waals surface area contributed by atoms with Crippen LogP contribution < -0.4 is 0 Å². The first-order chi connectivity index (χ1) is 7.63. The van der Waals surface area contributed by atoms with Crippen LogP contribution in [0.4, 0.5) is 0 Å². The number of aliphatic hydroxyl groups excluding tert-OH is 1. The van der Waals surface area contributed by atoms with Crippen LogP contribution in [0, 0.1) is 12.8 Å². The van der Waals surface area contributed by atoms with Crippen LogP contribution >= 0.6 is 11.6 Å². The van der Waals surface area contributed by atoms with Gasteiger partial charge < -0.3 is 5.11 Å². The Bertz CT molecular complexity index is 371. The van der Waals surface area contributed by atoms with E-state index in [0.717, 1.165) is 35.8 Å². The average Bonchev–Trinajstić information content (AvgIpc) is 2.43. The lowest BCUT2D eigenvalue weighted by atomic mass is 9.80. The van der Waals surface area contributed by atoms with Crippen molar-refractivity contribution in [1.29, 1.82) is 0 Å². The van der Waals surface area contributed by atoms with Crippen LogP contribution in [0.1, 0.15) is 37.6 Å². The van der Waals surface area contributed by atoms with Gasteiger partial charge in [-0.3, -0.25) is 4.68 Å². The topological polar surface area (TPSA) is 38.0 Å². The molecule has 3 nitrogen and oxygen atoms in total. The second-order valence-corrected chi connectivity index (χ2v) is 5.00. The highest BCUT2D eigenvalue weighted by atomic mass is 35.5. The maximum absolute atomic E-state index is 10.1. The number of aryl methyl sites for hydroxylation is 2. The first-order valence-corrected chi connectivity index (χ1v) is 6.41. The Morgan fingerprint density at radius 2 is 2.25 bits per heavy atom. The zero-order valence-electron chi connectivity index (χ0n) is 9.91. The zero-order valence-corrected chi connectivity index (χ0v) is 10.7. The molecule has 1 saturated carbocycles. The van der Waals surface area contributed by atoms with E-state index in [2.05, 4.69) is 5.10 Å². The van der Waals surface area contributed by atoms with Gasteiger partial charge in [-0.1, -0.05) is 18.0 Å². The zero-order chi connectivity index (χ0) is 11.7. The van der Waals surface area contributed by atoms with E-state index >= 15 is 0 Å². The molecule has 1 aliphatic rings. The molecule has 0 radical (unpaired) electrons. The molecule has 2 rings (SSSR count). The van der Waals surface area contributed by atoms with E-state index < -0.39 is 0 Å². The molecule has 16 heavy (non-hydrogen) atoms. The van der Waals surface area contributed by atoms with Gasteiger partial charge in [0.2, 0.25) is 0 Å². The maximum Gasteiger partial charge on any atom is 0.0848 e. The van der Waals surface area contributed by atoms with Gasteiger partial charge in [-0.2, -0.15) is 5.10 Å². The van der Waals surface area contributed by atoms with Crippen molar-refractivity contribution in [3.63, 3.8) is 0 Å². The predicted octanol–water partition coefficient (Wildman–Crippen LogP) is 2.57. The van der Waals surface area contributed by atoms with Crippen LogP contribution in [-0.2, 0) is 13.0 Å². The van der Waals surface area contributed by atoms with Crippen molar-refractivity contribution >= 4 is 11.6 Å². The van der Waals surface area contributed by atoms with Gasteiger partial charge in [0.15, 0.2) is 0 Å². The lowest BCUT2D eigenvalue weighted by Gasteiger charge is -2.30. The van der Waals surface area contributed by atoms with Gasteiger partial charge in [0.25, 0.3) is 0 Å². The molecule has 1 heterocycles. The maximum atomic E-state index is 10.1. The van der Waals surface area contributed by atoms with Crippen molar-refractivity contribution in [2.45, 2.75) is 52.2 Å². The first-order valence-electron chi connectivity index (χ1n) is 6.03. The number of hydrogen-bond acceptors (Lipinski definition) is 2. The first kappa shape index (κ1) is 11.9. The van der Waals surface area contributed by atoms with E-state index in [4.69, 9.17) is 11.6 Å². The summed E-state index contributed by atoms with van der Waals surface area (Å²) in [6, 6.07) is 0. The highest BCUT2D eigenvalue weighted by Crippen LogP contribution is 2.32. The van der Waals surface area contributed by atoms with Crippen molar-refractivity contribution in [3.8, 4) is 0 Å². The molecule has 1 aliphatic carbocycles. The number of halogens is 1. The lowest BCUT2D eigenvalue weighted by Crippen LogP contribution is -2.29. The molecule has 0 saturated heterocycles. The highest BCUT2D eigenvalue weighted by molar-refractivity contribution is 6.31. The predicted molar refractivity (Wildman–Crippen MR) is 64.7 cm³/mol. The van der Waals surface area contributed by atoms with Gasteiger partial charge in [0.1, 0.15) is 0 Å². The van der Waals surface area contributed by atoms with Gasteiger partial charge in [0.05, 0.1) is 22.5 Å². The summed E-state index contributed by atoms with van der Waals surface area (Å²) < 4.78 is 1.90. The Balaban J connectivity index is 2.12. The van der Waals surface area contributed by atoms with Crippen LogP contribution in [0.3, 0.4) is 0 Å². The summed E-state index contributed by atoms with van der Waals surface area (Å²) in [4.78, 5) is 0. The minimum absolute atomic E-state index is 0.257. The van der Waals surface area contributed by atoms with E-state index in [-0.39, 0.29) is 6.10 Å². The lowest BCUT2D eigenvalue weighted by molar-refractivity contribution is 0.0614. The van der Waals surface area contributed by atoms with E-state index in [9.17, 15) is 5.11 Å². The van der Waals surface area contributed by atoms with Gasteiger partial charge in [0, 0.05) is 13.0 Å². The average molecular weight is 243 g/mol. The molecule has 0 amide bonds. The largest absolute Gasteiger partial charge is 0.392 e. The van der Waals surface area contributed by atoms with E-state index in [1.165, 1.54) is 6.42 Å². The molecule has 0 bridgehead atoms. The number of aliphatic hydroxyl groups is 1. The molecular weight excluding hydrogens is 224 g/mol. The minimum Gasteiger partial charge on any atom is -0.392 e. The molecule has 1 aromatic rings. The minimum atomic E-state index is -0.257. The summed E-state index contributed by atoms with van der Waals surface area (Å²) in [5, 5.41) is 15.2. The quantitative estimate of drug-likeness (QED) is 0.881. The highest BCUT2D eigenvalue weighted by Gasteiger charge is 2.27. The Kier molecular flexibility index (Phi) is 3.55. The second-order valence-electron chi connectivity index (χ2n) is 4.62. The molecule has 4 heteroatoms. The third-order valence-corrected chi connectivity index (χ3v) is 4.04. The number of aromatic nitrogens is 2. The summed E-state index contributed by atoms with van der Waals surface area (Å²) in [6.45, 7) is 4.76. The molecule has 0 aliphatic heterocycles. The Morgan fingerprint density at radius 3 is 2.75 bits per heavy atom. The smallest absolute Gasteiger partial charge is 0.0848 e. The third-order valence-electron chi connectivity index (χ3n) is 3.55. The van der Waals surface area contributed by atoms with Gasteiger partial charge in [-0.25, -0.2) is 0 Å². The van der Waals surface area contributed by atoms with Crippen molar-refractivity contribution in [2.24, 2.45) is 5.92 Å². The summed E-state index contributed by atoms with van der Waals surface area (Å²) in [6.07, 6.45) is 3.93. The Hall–Kier alpha value is -0.540. The Morgan fingerprint density at radius 1 is 1.56 bits per heavy atom. The fourth-order valence-corrected chi connectivity index (χ4v) is 2.47. The fourth-order valence-electron chi connectivity index (χ4n) is 2.25. The van der Waals surface area contributed by atoms with Gasteiger partial charge >= 0.3 is 0 Å². The normalized spacial score (nSPS) is 18.5. The molecule has 90 valence electrons. The van der Waals surface area contributed by atoms with Crippen molar-refractivity contribution in [1.82, 2.24) is 9.78 Å². The molecule has 0 spiro atoms. The van der Waals surface area contributed by atoms with Crippen LogP contribution in [0.15, 0.2) is 0 Å². The van der Waals surface area contributed by atoms with Crippen LogP contribution in [-0.4, -0.2) is 21.0 Å². The summed E-state index contributed by atoms with van der Waals surface area (Å²) in [5.41, 5.74) is 1.85. The van der Waals surface area contributed by atoms with Gasteiger partial charge in [-0.05, 0) is 32.6 Å². The second kappa shape index (κ2) is 4.76. The molecule has 0 aromatic carbocycles. The van der Waals surface area contributed by atoms with E-state index in [0.29, 0.717) is 12.3 Å². The summed E-state index contributed by atoms with van der Waals surface area (Å²) >= 11 is 6.21. The van der Waals surface area contributed by atoms with Crippen LogP contribution in [0.2, 0.25) is 5.02 Å². The number of rotatable bonds is 4. The molecular formula is C12H19ClN2O. The molecule has 1 N–H and O–H groups in total. The summed E-state index contributed by atoms with van der Waals surface area (Å²) in [7, 11) is 0. The SMILES string of the molecule is CCn1nc(C)c(Cl)c1CC(O)C1CCC1. The van der Waals surface area contributed by atoms with Gasteiger partial charge in [-0.15, -0.1) is 0 Å². The fraction of sp³-hybridized carbons (Fsp3) is 0.750. The molecule has 1 atom stereocenters. The molecule has 1 fully saturated rings. The standard InChI is InChI=1S/C12H19ClN2O/c1-3-15-10(12(13)8(2)14-15)7-11(16)9-5-4-6-9/h9,11,16H,3-7H2,1-2H3. The van der Waals surface area contributed by atoms with Crippen molar-refractivity contribution in [2.75, 3.05) is 0 Å².